The Morgan fingerprint density at radius 1 is 1.33 bits per heavy atom. The van der Waals surface area contributed by atoms with Crippen LogP contribution in [0.1, 0.15) is 24.8 Å². The molecule has 0 saturated carbocycles. The van der Waals surface area contributed by atoms with Gasteiger partial charge in [0, 0.05) is 18.0 Å². The van der Waals surface area contributed by atoms with Gasteiger partial charge < -0.3 is 10.5 Å². The topological polar surface area (TPSA) is 35.2 Å². The highest BCUT2D eigenvalue weighted by Gasteiger charge is 2.43. The van der Waals surface area contributed by atoms with Crippen molar-refractivity contribution in [3.8, 4) is 0 Å². The van der Waals surface area contributed by atoms with Crippen LogP contribution in [0, 0.1) is 17.6 Å². The first-order valence-corrected chi connectivity index (χ1v) is 6.48. The Morgan fingerprint density at radius 3 is 2.78 bits per heavy atom. The van der Waals surface area contributed by atoms with Gasteiger partial charge in [-0.05, 0) is 37.3 Å². The van der Waals surface area contributed by atoms with Crippen LogP contribution in [0.15, 0.2) is 18.2 Å². The van der Waals surface area contributed by atoms with Crippen molar-refractivity contribution in [2.24, 2.45) is 11.7 Å². The van der Waals surface area contributed by atoms with Crippen LogP contribution in [0.5, 0.6) is 0 Å². The van der Waals surface area contributed by atoms with Gasteiger partial charge >= 0.3 is 0 Å². The van der Waals surface area contributed by atoms with E-state index in [0.29, 0.717) is 24.0 Å². The minimum absolute atomic E-state index is 0.111. The third-order valence-electron chi connectivity index (χ3n) is 4.17. The van der Waals surface area contributed by atoms with E-state index in [4.69, 9.17) is 10.5 Å². The van der Waals surface area contributed by atoms with E-state index in [0.717, 1.165) is 25.3 Å². The number of nitrogens with two attached hydrogens (primary N) is 1. The van der Waals surface area contributed by atoms with Crippen molar-refractivity contribution in [3.63, 3.8) is 0 Å². The summed E-state index contributed by atoms with van der Waals surface area (Å²) in [7, 11) is 0. The minimum atomic E-state index is -0.548. The zero-order valence-electron chi connectivity index (χ0n) is 10.1. The van der Waals surface area contributed by atoms with Crippen molar-refractivity contribution in [2.45, 2.75) is 43.9 Å². The first kappa shape index (κ1) is 12.1. The molecule has 4 heteroatoms. The summed E-state index contributed by atoms with van der Waals surface area (Å²) in [5.74, 6) is -0.740. The lowest BCUT2D eigenvalue weighted by atomic mass is 9.82. The van der Waals surface area contributed by atoms with Gasteiger partial charge in [0.15, 0.2) is 0 Å². The molecule has 2 fully saturated rings. The summed E-state index contributed by atoms with van der Waals surface area (Å²) in [5, 5.41) is 0. The molecule has 18 heavy (non-hydrogen) atoms. The van der Waals surface area contributed by atoms with Gasteiger partial charge in [0.2, 0.25) is 0 Å². The van der Waals surface area contributed by atoms with E-state index < -0.39 is 11.6 Å². The Balaban J connectivity index is 1.69. The molecule has 2 aliphatic heterocycles. The lowest BCUT2D eigenvalue weighted by Crippen LogP contribution is -2.38. The zero-order chi connectivity index (χ0) is 12.7. The second-order valence-electron chi connectivity index (χ2n) is 5.38. The first-order chi connectivity index (χ1) is 8.63. The molecule has 4 atom stereocenters. The van der Waals surface area contributed by atoms with Crippen LogP contribution < -0.4 is 5.73 Å². The molecule has 98 valence electrons. The Bertz CT molecular complexity index is 451. The summed E-state index contributed by atoms with van der Waals surface area (Å²) >= 11 is 0. The molecule has 0 amide bonds. The van der Waals surface area contributed by atoms with Gasteiger partial charge in [-0.1, -0.05) is 6.07 Å². The van der Waals surface area contributed by atoms with Crippen LogP contribution in [-0.4, -0.2) is 18.2 Å². The van der Waals surface area contributed by atoms with Gasteiger partial charge in [0.05, 0.1) is 12.2 Å². The number of benzene rings is 1. The lowest BCUT2D eigenvalue weighted by molar-refractivity contribution is 0.0884. The Kier molecular flexibility index (Phi) is 3.08. The van der Waals surface area contributed by atoms with E-state index >= 15 is 0 Å². The average Bonchev–Trinajstić information content (AvgIpc) is 2.94. The standard InChI is InChI=1S/C14H17F2NO/c15-9-2-1-8(12(16)6-9)5-13(17)11-7-10-3-4-14(11)18-10/h1-2,6,10-11,13-14H,3-5,7,17H2. The normalized spacial score (nSPS) is 31.8. The highest BCUT2D eigenvalue weighted by Crippen LogP contribution is 2.40. The lowest BCUT2D eigenvalue weighted by Gasteiger charge is -2.25. The average molecular weight is 253 g/mol. The van der Waals surface area contributed by atoms with Crippen LogP contribution in [0.3, 0.4) is 0 Å². The SMILES string of the molecule is NC(Cc1ccc(F)cc1F)C1CC2CCC1O2. The number of hydrogen-bond acceptors (Lipinski definition) is 2. The molecule has 2 heterocycles. The molecule has 2 saturated heterocycles. The summed E-state index contributed by atoms with van der Waals surface area (Å²) < 4.78 is 32.1. The molecule has 4 unspecified atom stereocenters. The molecule has 0 radical (unpaired) electrons. The predicted octanol–water partition coefficient (Wildman–Crippen LogP) is 2.40. The highest BCUT2D eigenvalue weighted by atomic mass is 19.1. The van der Waals surface area contributed by atoms with Crippen LogP contribution in [0.4, 0.5) is 8.78 Å². The van der Waals surface area contributed by atoms with Crippen molar-refractivity contribution >= 4 is 0 Å². The van der Waals surface area contributed by atoms with E-state index in [2.05, 4.69) is 0 Å². The van der Waals surface area contributed by atoms with E-state index in [9.17, 15) is 8.78 Å². The maximum Gasteiger partial charge on any atom is 0.129 e. The minimum Gasteiger partial charge on any atom is -0.375 e. The molecule has 0 aliphatic carbocycles. The summed E-state index contributed by atoms with van der Waals surface area (Å²) in [5.41, 5.74) is 6.66. The van der Waals surface area contributed by atoms with E-state index in [1.807, 2.05) is 0 Å². The second-order valence-corrected chi connectivity index (χ2v) is 5.38. The number of halogens is 2. The third kappa shape index (κ3) is 2.15. The summed E-state index contributed by atoms with van der Waals surface area (Å²) in [6.45, 7) is 0. The molecular formula is C14H17F2NO. The van der Waals surface area contributed by atoms with Crippen molar-refractivity contribution in [1.82, 2.24) is 0 Å². The van der Waals surface area contributed by atoms with Gasteiger partial charge in [-0.2, -0.15) is 0 Å². The molecule has 1 aromatic rings. The molecule has 1 aromatic carbocycles. The predicted molar refractivity (Wildman–Crippen MR) is 64.0 cm³/mol. The van der Waals surface area contributed by atoms with Crippen LogP contribution >= 0.6 is 0 Å². The Labute approximate surface area is 105 Å². The number of hydrogen-bond donors (Lipinski definition) is 1. The van der Waals surface area contributed by atoms with Crippen LogP contribution in [0.25, 0.3) is 0 Å². The molecule has 0 aromatic heterocycles. The highest BCUT2D eigenvalue weighted by molar-refractivity contribution is 5.20. The molecule has 2 aliphatic rings. The fraction of sp³-hybridized carbons (Fsp3) is 0.571. The monoisotopic (exact) mass is 253 g/mol. The van der Waals surface area contributed by atoms with Gasteiger partial charge in [-0.3, -0.25) is 0 Å². The van der Waals surface area contributed by atoms with Crippen molar-refractivity contribution < 1.29 is 13.5 Å². The molecule has 2 bridgehead atoms. The quantitative estimate of drug-likeness (QED) is 0.897. The molecule has 3 rings (SSSR count). The van der Waals surface area contributed by atoms with E-state index in [1.165, 1.54) is 12.1 Å². The Hall–Kier alpha value is -1.00. The molecular weight excluding hydrogens is 236 g/mol. The van der Waals surface area contributed by atoms with E-state index in [-0.39, 0.29) is 12.1 Å². The van der Waals surface area contributed by atoms with Crippen LogP contribution in [0.2, 0.25) is 0 Å². The van der Waals surface area contributed by atoms with Gasteiger partial charge in [0.1, 0.15) is 11.6 Å². The molecule has 0 spiro atoms. The number of ether oxygens (including phenoxy) is 1. The number of fused-ring (bicyclic) bond motifs is 2. The Morgan fingerprint density at radius 2 is 2.17 bits per heavy atom. The summed E-state index contributed by atoms with van der Waals surface area (Å²) in [4.78, 5) is 0. The van der Waals surface area contributed by atoms with Gasteiger partial charge in [-0.25, -0.2) is 8.78 Å². The second kappa shape index (κ2) is 4.59. The number of rotatable bonds is 3. The van der Waals surface area contributed by atoms with E-state index in [1.54, 1.807) is 0 Å². The fourth-order valence-corrected chi connectivity index (χ4v) is 3.22. The first-order valence-electron chi connectivity index (χ1n) is 6.48. The summed E-state index contributed by atoms with van der Waals surface area (Å²) in [6, 6.07) is 3.57. The van der Waals surface area contributed by atoms with Gasteiger partial charge in [0.25, 0.3) is 0 Å². The largest absolute Gasteiger partial charge is 0.375 e. The van der Waals surface area contributed by atoms with Crippen LogP contribution in [-0.2, 0) is 11.2 Å². The third-order valence-corrected chi connectivity index (χ3v) is 4.17. The van der Waals surface area contributed by atoms with Crippen molar-refractivity contribution in [2.75, 3.05) is 0 Å². The maximum atomic E-state index is 13.6. The zero-order valence-corrected chi connectivity index (χ0v) is 10.1. The molecule has 2 nitrogen and oxygen atoms in total. The maximum absolute atomic E-state index is 13.6. The van der Waals surface area contributed by atoms with Crippen molar-refractivity contribution in [1.29, 1.82) is 0 Å². The molecule has 2 N–H and O–H groups in total. The summed E-state index contributed by atoms with van der Waals surface area (Å²) in [6.07, 6.45) is 4.21. The van der Waals surface area contributed by atoms with Gasteiger partial charge in [-0.15, -0.1) is 0 Å². The fourth-order valence-electron chi connectivity index (χ4n) is 3.22. The smallest absolute Gasteiger partial charge is 0.129 e. The van der Waals surface area contributed by atoms with Crippen molar-refractivity contribution in [3.05, 3.63) is 35.4 Å².